The first-order chi connectivity index (χ1) is 15.3. The second-order valence-corrected chi connectivity index (χ2v) is 8.68. The Balaban J connectivity index is 1.52. The Morgan fingerprint density at radius 2 is 1.91 bits per heavy atom. The number of nitrogens with zero attached hydrogens (tertiary/aromatic N) is 4. The van der Waals surface area contributed by atoms with Gasteiger partial charge in [-0.3, -0.25) is 9.78 Å². The lowest BCUT2D eigenvalue weighted by molar-refractivity contribution is 0.0827. The topological polar surface area (TPSA) is 71.0 Å². The van der Waals surface area contributed by atoms with Gasteiger partial charge in [0, 0.05) is 43.4 Å². The molecular weight excluding hydrogens is 412 g/mol. The fourth-order valence-corrected chi connectivity index (χ4v) is 4.41. The number of carbonyl (C=O) groups is 1. The summed E-state index contributed by atoms with van der Waals surface area (Å²) < 4.78 is 28.8. The number of nitrogens with one attached hydrogen (secondary N) is 1. The van der Waals surface area contributed by atoms with E-state index in [-0.39, 0.29) is 17.3 Å². The lowest BCUT2D eigenvalue weighted by Crippen LogP contribution is -2.47. The molecule has 3 aromatic rings. The molecule has 1 aromatic carbocycles. The summed E-state index contributed by atoms with van der Waals surface area (Å²) in [6, 6.07) is 10.5. The molecule has 166 valence electrons. The van der Waals surface area contributed by atoms with E-state index in [0.717, 1.165) is 12.8 Å². The first-order valence-electron chi connectivity index (χ1n) is 10.5. The summed E-state index contributed by atoms with van der Waals surface area (Å²) in [5.74, 6) is -0.00960. The molecule has 0 atom stereocenters. The Kier molecular flexibility index (Phi) is 5.86. The molecule has 0 bridgehead atoms. The SMILES string of the molecule is CC1CC(CNc2ccc(-c3cc(C(=O)N(C)C)ccc3F)nn2)(c2ncccc2F)C1. The van der Waals surface area contributed by atoms with Crippen molar-refractivity contribution in [3.63, 3.8) is 0 Å². The number of hydrogen-bond acceptors (Lipinski definition) is 5. The number of benzene rings is 1. The van der Waals surface area contributed by atoms with Crippen molar-refractivity contribution < 1.29 is 13.6 Å². The summed E-state index contributed by atoms with van der Waals surface area (Å²) in [5, 5.41) is 11.5. The summed E-state index contributed by atoms with van der Waals surface area (Å²) in [5.41, 5.74) is 0.979. The molecule has 0 radical (unpaired) electrons. The third kappa shape index (κ3) is 4.17. The van der Waals surface area contributed by atoms with Gasteiger partial charge in [-0.05, 0) is 61.2 Å². The van der Waals surface area contributed by atoms with Crippen LogP contribution in [0.15, 0.2) is 48.7 Å². The van der Waals surface area contributed by atoms with Crippen LogP contribution in [0.25, 0.3) is 11.3 Å². The number of pyridine rings is 1. The number of hydrogen-bond donors (Lipinski definition) is 1. The Bertz CT molecular complexity index is 1130. The quantitative estimate of drug-likeness (QED) is 0.623. The number of rotatable bonds is 6. The molecular formula is C24H25F2N5O. The van der Waals surface area contributed by atoms with Crippen LogP contribution in [0.4, 0.5) is 14.6 Å². The van der Waals surface area contributed by atoms with Crippen molar-refractivity contribution in [2.75, 3.05) is 26.0 Å². The number of anilines is 1. The molecule has 1 fully saturated rings. The molecule has 4 rings (SSSR count). The zero-order valence-electron chi connectivity index (χ0n) is 18.3. The summed E-state index contributed by atoms with van der Waals surface area (Å²) in [7, 11) is 3.27. The fraction of sp³-hybridized carbons (Fsp3) is 0.333. The van der Waals surface area contributed by atoms with Crippen molar-refractivity contribution in [1.29, 1.82) is 0 Å². The number of carbonyl (C=O) groups excluding carboxylic acids is 1. The molecule has 0 spiro atoms. The standard InChI is InChI=1S/C24H25F2N5O/c1-15-12-24(13-15,22-19(26)5-4-10-27-22)14-28-21-9-8-20(29-30-21)17-11-16(6-7-18(17)25)23(32)31(2)3/h4-11,15H,12-14H2,1-3H3,(H,28,30). The lowest BCUT2D eigenvalue weighted by Gasteiger charge is -2.46. The molecule has 1 amide bonds. The molecule has 0 aliphatic heterocycles. The monoisotopic (exact) mass is 437 g/mol. The van der Waals surface area contributed by atoms with E-state index in [1.165, 1.54) is 29.2 Å². The van der Waals surface area contributed by atoms with Crippen molar-refractivity contribution >= 4 is 11.7 Å². The van der Waals surface area contributed by atoms with Crippen LogP contribution in [0.2, 0.25) is 0 Å². The smallest absolute Gasteiger partial charge is 0.253 e. The van der Waals surface area contributed by atoms with Crippen molar-refractivity contribution in [3.05, 3.63) is 71.6 Å². The second-order valence-electron chi connectivity index (χ2n) is 8.68. The van der Waals surface area contributed by atoms with Crippen LogP contribution < -0.4 is 5.32 Å². The maximum atomic E-state index is 14.4. The van der Waals surface area contributed by atoms with Gasteiger partial charge >= 0.3 is 0 Å². The summed E-state index contributed by atoms with van der Waals surface area (Å²) in [6.45, 7) is 2.61. The van der Waals surface area contributed by atoms with E-state index in [0.29, 0.717) is 35.2 Å². The lowest BCUT2D eigenvalue weighted by atomic mass is 9.60. The Morgan fingerprint density at radius 1 is 1.12 bits per heavy atom. The van der Waals surface area contributed by atoms with Crippen molar-refractivity contribution in [3.8, 4) is 11.3 Å². The van der Waals surface area contributed by atoms with Gasteiger partial charge in [0.25, 0.3) is 5.91 Å². The van der Waals surface area contributed by atoms with E-state index in [9.17, 15) is 13.6 Å². The predicted octanol–water partition coefficient (Wildman–Crippen LogP) is 4.30. The van der Waals surface area contributed by atoms with Gasteiger partial charge in [0.15, 0.2) is 0 Å². The van der Waals surface area contributed by atoms with Crippen molar-refractivity contribution in [2.45, 2.75) is 25.2 Å². The minimum absolute atomic E-state index is 0.205. The molecule has 2 aromatic heterocycles. The van der Waals surface area contributed by atoms with Crippen LogP contribution in [0.3, 0.4) is 0 Å². The first-order valence-corrected chi connectivity index (χ1v) is 10.5. The first kappa shape index (κ1) is 21.8. The van der Waals surface area contributed by atoms with Gasteiger partial charge in [-0.1, -0.05) is 6.92 Å². The van der Waals surface area contributed by atoms with Crippen LogP contribution >= 0.6 is 0 Å². The molecule has 32 heavy (non-hydrogen) atoms. The fourth-order valence-electron chi connectivity index (χ4n) is 4.41. The molecule has 0 saturated heterocycles. The Hall–Kier alpha value is -3.42. The van der Waals surface area contributed by atoms with Gasteiger partial charge in [-0.15, -0.1) is 10.2 Å². The minimum atomic E-state index is -0.483. The number of amides is 1. The van der Waals surface area contributed by atoms with E-state index < -0.39 is 11.2 Å². The summed E-state index contributed by atoms with van der Waals surface area (Å²) in [6.07, 6.45) is 3.27. The zero-order chi connectivity index (χ0) is 22.9. The van der Waals surface area contributed by atoms with Gasteiger partial charge < -0.3 is 10.2 Å². The Morgan fingerprint density at radius 3 is 2.53 bits per heavy atom. The highest BCUT2D eigenvalue weighted by atomic mass is 19.1. The van der Waals surface area contributed by atoms with E-state index in [4.69, 9.17) is 0 Å². The van der Waals surface area contributed by atoms with Crippen LogP contribution in [-0.2, 0) is 5.41 Å². The van der Waals surface area contributed by atoms with Crippen LogP contribution in [-0.4, -0.2) is 46.6 Å². The van der Waals surface area contributed by atoms with E-state index in [2.05, 4.69) is 27.4 Å². The third-order valence-electron chi connectivity index (χ3n) is 5.91. The van der Waals surface area contributed by atoms with Gasteiger partial charge in [0.05, 0.1) is 11.4 Å². The Labute approximate surface area is 185 Å². The molecule has 1 saturated carbocycles. The van der Waals surface area contributed by atoms with Crippen LogP contribution in [0, 0.1) is 17.6 Å². The minimum Gasteiger partial charge on any atom is -0.368 e. The predicted molar refractivity (Wildman–Crippen MR) is 118 cm³/mol. The van der Waals surface area contributed by atoms with Crippen LogP contribution in [0.1, 0.15) is 35.8 Å². The maximum absolute atomic E-state index is 14.4. The molecule has 1 aliphatic carbocycles. The summed E-state index contributed by atoms with van der Waals surface area (Å²) in [4.78, 5) is 17.9. The van der Waals surface area contributed by atoms with Gasteiger partial charge in [-0.2, -0.15) is 0 Å². The molecule has 6 nitrogen and oxygen atoms in total. The van der Waals surface area contributed by atoms with Gasteiger partial charge in [-0.25, -0.2) is 8.78 Å². The maximum Gasteiger partial charge on any atom is 0.253 e. The number of aromatic nitrogens is 3. The van der Waals surface area contributed by atoms with Crippen molar-refractivity contribution in [2.24, 2.45) is 5.92 Å². The largest absolute Gasteiger partial charge is 0.368 e. The highest BCUT2D eigenvalue weighted by Gasteiger charge is 2.46. The molecule has 1 aliphatic rings. The van der Waals surface area contributed by atoms with Crippen LogP contribution in [0.5, 0.6) is 0 Å². The third-order valence-corrected chi connectivity index (χ3v) is 5.91. The van der Waals surface area contributed by atoms with Gasteiger partial charge in [0.1, 0.15) is 17.5 Å². The molecule has 8 heteroatoms. The van der Waals surface area contributed by atoms with E-state index in [1.807, 2.05) is 0 Å². The van der Waals surface area contributed by atoms with Gasteiger partial charge in [0.2, 0.25) is 0 Å². The average molecular weight is 437 g/mol. The van der Waals surface area contributed by atoms with E-state index >= 15 is 0 Å². The molecule has 0 unspecified atom stereocenters. The highest BCUT2D eigenvalue weighted by Crippen LogP contribution is 2.47. The normalized spacial score (nSPS) is 19.8. The number of halogens is 2. The molecule has 2 heterocycles. The zero-order valence-corrected chi connectivity index (χ0v) is 18.3. The molecule has 1 N–H and O–H groups in total. The second kappa shape index (κ2) is 8.61. The van der Waals surface area contributed by atoms with Crippen molar-refractivity contribution in [1.82, 2.24) is 20.1 Å². The highest BCUT2D eigenvalue weighted by molar-refractivity contribution is 5.95. The average Bonchev–Trinajstić information content (AvgIpc) is 2.76. The summed E-state index contributed by atoms with van der Waals surface area (Å²) >= 11 is 0. The van der Waals surface area contributed by atoms with E-state index in [1.54, 1.807) is 38.5 Å².